The predicted octanol–water partition coefficient (Wildman–Crippen LogP) is 3.91. The van der Waals surface area contributed by atoms with E-state index in [1.54, 1.807) is 0 Å². The summed E-state index contributed by atoms with van der Waals surface area (Å²) < 4.78 is 160. The van der Waals surface area contributed by atoms with Gasteiger partial charge in [-0.1, -0.05) is 41.5 Å². The van der Waals surface area contributed by atoms with Gasteiger partial charge in [-0.2, -0.15) is 0 Å². The van der Waals surface area contributed by atoms with Crippen molar-refractivity contribution in [3.63, 3.8) is 0 Å². The van der Waals surface area contributed by atoms with Crippen LogP contribution < -0.4 is 0 Å². The van der Waals surface area contributed by atoms with Gasteiger partial charge in [-0.05, 0) is 68.7 Å². The van der Waals surface area contributed by atoms with Crippen molar-refractivity contribution in [1.82, 2.24) is 0 Å². The fourth-order valence-corrected chi connectivity index (χ4v) is 13.5. The third-order valence-corrected chi connectivity index (χ3v) is 19.4. The van der Waals surface area contributed by atoms with Crippen LogP contribution in [0.15, 0.2) is 65.8 Å². The summed E-state index contributed by atoms with van der Waals surface area (Å²) >= 11 is 0. The molecule has 0 fully saturated rings. The van der Waals surface area contributed by atoms with Crippen molar-refractivity contribution in [3.8, 4) is 0 Å². The molecule has 0 aliphatic heterocycles. The Morgan fingerprint density at radius 3 is 0.458 bits per heavy atom. The number of rotatable bonds is 12. The molecular formula is C30H36O12S6. The van der Waals surface area contributed by atoms with E-state index in [2.05, 4.69) is 0 Å². The van der Waals surface area contributed by atoms with Crippen LogP contribution in [0.4, 0.5) is 0 Å². The van der Waals surface area contributed by atoms with Crippen molar-refractivity contribution in [1.29, 1.82) is 0 Å². The lowest BCUT2D eigenvalue weighted by atomic mass is 9.94. The first-order chi connectivity index (χ1) is 22.0. The standard InChI is InChI=1S/C30H36O12S6/c1-7-43(31,32)25-13-19-20(14-26(25)44(33,34)8-2)22-16-28(46(37,38)10-4)30(48(41,42)12-6)18-24(22)23-17-29(47(39,40)11-5)27(15-21(19)23)45(35,36)9-3/h13-18H,7-12H2,1-6H3. The highest BCUT2D eigenvalue weighted by Gasteiger charge is 2.32. The molecule has 0 spiro atoms. The second-order valence-electron chi connectivity index (χ2n) is 11.0. The summed E-state index contributed by atoms with van der Waals surface area (Å²) in [5, 5.41) is -0.0915. The minimum atomic E-state index is -4.25. The van der Waals surface area contributed by atoms with Crippen LogP contribution in [-0.4, -0.2) is 85.0 Å². The molecule has 48 heavy (non-hydrogen) atoms. The molecule has 0 unspecified atom stereocenters. The molecule has 4 rings (SSSR count). The Bertz CT molecular complexity index is 2180. The van der Waals surface area contributed by atoms with E-state index in [0.29, 0.717) is 0 Å². The van der Waals surface area contributed by atoms with Gasteiger partial charge in [0.2, 0.25) is 0 Å². The largest absolute Gasteiger partial charge is 0.224 e. The van der Waals surface area contributed by atoms with E-state index in [9.17, 15) is 50.5 Å². The molecule has 0 aliphatic rings. The Hall–Kier alpha value is -2.64. The molecular weight excluding hydrogens is 745 g/mol. The second-order valence-corrected chi connectivity index (χ2v) is 24.4. The van der Waals surface area contributed by atoms with Crippen LogP contribution in [0.2, 0.25) is 0 Å². The molecule has 4 aromatic carbocycles. The lowest BCUT2D eigenvalue weighted by molar-refractivity contribution is 0.584. The van der Waals surface area contributed by atoms with Crippen molar-refractivity contribution in [2.75, 3.05) is 34.5 Å². The summed E-state index contributed by atoms with van der Waals surface area (Å²) in [6.07, 6.45) is 0. The molecule has 0 aliphatic carbocycles. The summed E-state index contributed by atoms with van der Waals surface area (Å²) in [5.74, 6) is -2.99. The van der Waals surface area contributed by atoms with Gasteiger partial charge in [0.25, 0.3) is 0 Å². The van der Waals surface area contributed by atoms with E-state index in [1.165, 1.54) is 41.5 Å². The third kappa shape index (κ3) is 6.27. The minimum Gasteiger partial charge on any atom is -0.224 e. The van der Waals surface area contributed by atoms with Crippen molar-refractivity contribution in [2.45, 2.75) is 70.9 Å². The van der Waals surface area contributed by atoms with Gasteiger partial charge < -0.3 is 0 Å². The number of sulfone groups is 6. The number of hydrogen-bond acceptors (Lipinski definition) is 12. The Labute approximate surface area is 282 Å². The highest BCUT2D eigenvalue weighted by Crippen LogP contribution is 2.43. The number of fused-ring (bicyclic) bond motifs is 6. The zero-order chi connectivity index (χ0) is 36.4. The predicted molar refractivity (Wildman–Crippen MR) is 185 cm³/mol. The van der Waals surface area contributed by atoms with E-state index in [0.717, 1.165) is 36.4 Å². The van der Waals surface area contributed by atoms with Crippen LogP contribution in [0.3, 0.4) is 0 Å². The Kier molecular flexibility index (Phi) is 10.0. The molecule has 264 valence electrons. The van der Waals surface area contributed by atoms with Gasteiger partial charge in [0.15, 0.2) is 59.0 Å². The van der Waals surface area contributed by atoms with E-state index >= 15 is 0 Å². The van der Waals surface area contributed by atoms with Crippen LogP contribution in [0.25, 0.3) is 32.3 Å². The van der Waals surface area contributed by atoms with Crippen molar-refractivity contribution < 1.29 is 50.5 Å². The van der Waals surface area contributed by atoms with Gasteiger partial charge in [0.1, 0.15) is 0 Å². The number of hydrogen-bond donors (Lipinski definition) is 0. The smallest absolute Gasteiger partial charge is 0.179 e. The first-order valence-electron chi connectivity index (χ1n) is 14.9. The molecule has 0 bridgehead atoms. The lowest BCUT2D eigenvalue weighted by Gasteiger charge is -2.19. The molecule has 12 nitrogen and oxygen atoms in total. The van der Waals surface area contributed by atoms with Crippen LogP contribution in [0, 0.1) is 0 Å². The maximum absolute atomic E-state index is 13.4. The van der Waals surface area contributed by atoms with Crippen molar-refractivity contribution in [3.05, 3.63) is 36.4 Å². The quantitative estimate of drug-likeness (QED) is 0.188. The first-order valence-corrected chi connectivity index (χ1v) is 24.8. The van der Waals surface area contributed by atoms with Crippen molar-refractivity contribution >= 4 is 91.3 Å². The fraction of sp³-hybridized carbons (Fsp3) is 0.400. The molecule has 0 N–H and O–H groups in total. The van der Waals surface area contributed by atoms with Gasteiger partial charge in [-0.15, -0.1) is 0 Å². The molecule has 18 heteroatoms. The van der Waals surface area contributed by atoms with Crippen LogP contribution >= 0.6 is 0 Å². The summed E-state index contributed by atoms with van der Waals surface area (Å²) in [5.41, 5.74) is 0. The zero-order valence-electron chi connectivity index (χ0n) is 27.1. The molecule has 0 atom stereocenters. The van der Waals surface area contributed by atoms with Gasteiger partial charge in [0, 0.05) is 0 Å². The average Bonchev–Trinajstić information content (AvgIpc) is 3.06. The highest BCUT2D eigenvalue weighted by atomic mass is 32.2. The van der Waals surface area contributed by atoms with Crippen molar-refractivity contribution in [2.24, 2.45) is 0 Å². The Balaban J connectivity index is 2.59. The molecule has 4 aromatic rings. The molecule has 0 amide bonds. The average molecular weight is 781 g/mol. The third-order valence-electron chi connectivity index (χ3n) is 8.41. The summed E-state index contributed by atoms with van der Waals surface area (Å²) in [6.45, 7) is 7.87. The van der Waals surface area contributed by atoms with Crippen LogP contribution in [-0.2, 0) is 59.0 Å². The SMILES string of the molecule is CCS(=O)(=O)c1cc2c3cc(S(=O)(=O)CC)c(S(=O)(=O)CC)cc3c3cc(S(=O)(=O)CC)c(S(=O)(=O)CC)cc3c2cc1S(=O)(=O)CC. The lowest BCUT2D eigenvalue weighted by Crippen LogP contribution is -2.15. The van der Waals surface area contributed by atoms with Gasteiger partial charge >= 0.3 is 0 Å². The maximum Gasteiger partial charge on any atom is 0.179 e. The Morgan fingerprint density at radius 1 is 0.271 bits per heavy atom. The van der Waals surface area contributed by atoms with Gasteiger partial charge in [0.05, 0.1) is 63.9 Å². The van der Waals surface area contributed by atoms with Crippen LogP contribution in [0.5, 0.6) is 0 Å². The normalized spacial score (nSPS) is 13.9. The number of benzene rings is 4. The summed E-state index contributed by atoms with van der Waals surface area (Å²) in [7, 11) is -25.5. The minimum absolute atomic E-state index is 0.0153. The monoisotopic (exact) mass is 780 g/mol. The summed E-state index contributed by atoms with van der Waals surface area (Å²) in [4.78, 5) is -3.43. The maximum atomic E-state index is 13.4. The second kappa shape index (κ2) is 12.6. The van der Waals surface area contributed by atoms with Crippen LogP contribution in [0.1, 0.15) is 41.5 Å². The molecule has 0 saturated carbocycles. The fourth-order valence-electron chi connectivity index (χ4n) is 5.41. The highest BCUT2D eigenvalue weighted by molar-refractivity contribution is 7.95. The molecule has 0 saturated heterocycles. The molecule has 0 heterocycles. The first kappa shape index (κ1) is 38.2. The molecule has 0 radical (unpaired) electrons. The topological polar surface area (TPSA) is 205 Å². The van der Waals surface area contributed by atoms with E-state index in [4.69, 9.17) is 0 Å². The van der Waals surface area contributed by atoms with Gasteiger partial charge in [-0.25, -0.2) is 50.5 Å². The summed E-state index contributed by atoms with van der Waals surface area (Å²) in [6, 6.07) is 6.41. The van der Waals surface area contributed by atoms with E-state index in [-0.39, 0.29) is 32.3 Å². The molecule has 0 aromatic heterocycles. The zero-order valence-corrected chi connectivity index (χ0v) is 32.0. The van der Waals surface area contributed by atoms with Gasteiger partial charge in [-0.3, -0.25) is 0 Å². The van der Waals surface area contributed by atoms with E-state index in [1.807, 2.05) is 0 Å². The Morgan fingerprint density at radius 2 is 0.375 bits per heavy atom. The van der Waals surface area contributed by atoms with E-state index < -0.39 is 123 Å².